The number of carbonyl (C=O) groups excluding carboxylic acids is 1. The van der Waals surface area contributed by atoms with Crippen LogP contribution in [-0.4, -0.2) is 30.0 Å². The summed E-state index contributed by atoms with van der Waals surface area (Å²) >= 11 is 0. The third kappa shape index (κ3) is 2.08. The van der Waals surface area contributed by atoms with Crippen molar-refractivity contribution in [3.8, 4) is 5.75 Å². The molecular weight excluding hydrogens is 228 g/mol. The van der Waals surface area contributed by atoms with Crippen LogP contribution in [0.25, 0.3) is 0 Å². The van der Waals surface area contributed by atoms with E-state index in [0.717, 1.165) is 11.3 Å². The van der Waals surface area contributed by atoms with Gasteiger partial charge in [-0.3, -0.25) is 4.79 Å². The minimum atomic E-state index is -0.170. The van der Waals surface area contributed by atoms with Crippen LogP contribution < -0.4 is 10.5 Å². The van der Waals surface area contributed by atoms with Gasteiger partial charge in [-0.15, -0.1) is 0 Å². The second-order valence-electron chi connectivity index (χ2n) is 4.95. The van der Waals surface area contributed by atoms with E-state index in [1.54, 1.807) is 7.11 Å². The molecule has 0 radical (unpaired) electrons. The first-order chi connectivity index (χ1) is 8.56. The number of nitrogens with two attached hydrogens (primary N) is 1. The van der Waals surface area contributed by atoms with Gasteiger partial charge in [-0.25, -0.2) is 0 Å². The predicted molar refractivity (Wildman–Crippen MR) is 70.3 cm³/mol. The van der Waals surface area contributed by atoms with E-state index in [0.29, 0.717) is 6.42 Å². The highest BCUT2D eigenvalue weighted by molar-refractivity contribution is 5.81. The Bertz CT molecular complexity index is 445. The average molecular weight is 248 g/mol. The Morgan fingerprint density at radius 3 is 2.67 bits per heavy atom. The molecule has 1 aromatic carbocycles. The molecule has 1 aliphatic rings. The van der Waals surface area contributed by atoms with Gasteiger partial charge in [-0.2, -0.15) is 0 Å². The number of ether oxygens (including phenoxy) is 1. The maximum absolute atomic E-state index is 12.0. The zero-order valence-corrected chi connectivity index (χ0v) is 11.1. The third-order valence-corrected chi connectivity index (χ3v) is 3.42. The molecule has 1 amide bonds. The fraction of sp³-hybridized carbons (Fsp3) is 0.500. The van der Waals surface area contributed by atoms with E-state index in [4.69, 9.17) is 10.5 Å². The lowest BCUT2D eigenvalue weighted by atomic mass is 9.99. The van der Waals surface area contributed by atoms with Crippen molar-refractivity contribution in [1.29, 1.82) is 0 Å². The van der Waals surface area contributed by atoms with Gasteiger partial charge in [0.05, 0.1) is 13.2 Å². The molecule has 2 N–H and O–H groups in total. The first-order valence-electron chi connectivity index (χ1n) is 6.26. The molecule has 1 aliphatic heterocycles. The topological polar surface area (TPSA) is 55.6 Å². The van der Waals surface area contributed by atoms with Crippen LogP contribution in [-0.2, 0) is 4.79 Å². The molecule has 0 aliphatic carbocycles. The molecule has 0 spiro atoms. The van der Waals surface area contributed by atoms with E-state index in [1.165, 1.54) is 0 Å². The van der Waals surface area contributed by atoms with Crippen LogP contribution >= 0.6 is 0 Å². The second kappa shape index (κ2) is 4.98. The molecule has 1 fully saturated rings. The van der Waals surface area contributed by atoms with E-state index in [1.807, 2.05) is 43.0 Å². The van der Waals surface area contributed by atoms with Crippen molar-refractivity contribution in [3.05, 3.63) is 29.8 Å². The van der Waals surface area contributed by atoms with Gasteiger partial charge < -0.3 is 15.4 Å². The number of rotatable bonds is 3. The average Bonchev–Trinajstić information content (AvgIpc) is 2.64. The third-order valence-electron chi connectivity index (χ3n) is 3.42. The SMILES string of the molecule is COc1ccccc1C1C(N)CC(=O)N1C(C)C. The van der Waals surface area contributed by atoms with Crippen molar-refractivity contribution in [2.75, 3.05) is 7.11 Å². The number of hydrogen-bond acceptors (Lipinski definition) is 3. The molecule has 2 rings (SSSR count). The number of carbonyl (C=O) groups is 1. The lowest BCUT2D eigenvalue weighted by Gasteiger charge is -2.31. The van der Waals surface area contributed by atoms with Crippen LogP contribution in [0.4, 0.5) is 0 Å². The van der Waals surface area contributed by atoms with Crippen LogP contribution in [0.15, 0.2) is 24.3 Å². The number of likely N-dealkylation sites (tertiary alicyclic amines) is 1. The summed E-state index contributed by atoms with van der Waals surface area (Å²) in [5, 5.41) is 0. The molecule has 98 valence electrons. The molecule has 0 aromatic heterocycles. The number of para-hydroxylation sites is 1. The molecule has 2 atom stereocenters. The van der Waals surface area contributed by atoms with E-state index in [9.17, 15) is 4.79 Å². The molecule has 2 unspecified atom stereocenters. The van der Waals surface area contributed by atoms with Crippen LogP contribution in [0.3, 0.4) is 0 Å². The van der Waals surface area contributed by atoms with Gasteiger partial charge in [-0.05, 0) is 19.9 Å². The van der Waals surface area contributed by atoms with Gasteiger partial charge in [0.1, 0.15) is 5.75 Å². The maximum Gasteiger partial charge on any atom is 0.225 e. The number of amides is 1. The van der Waals surface area contributed by atoms with Crippen molar-refractivity contribution in [3.63, 3.8) is 0 Å². The zero-order chi connectivity index (χ0) is 13.3. The molecular formula is C14H20N2O2. The fourth-order valence-corrected chi connectivity index (χ4v) is 2.68. The Morgan fingerprint density at radius 2 is 2.06 bits per heavy atom. The second-order valence-corrected chi connectivity index (χ2v) is 4.95. The number of methoxy groups -OCH3 is 1. The van der Waals surface area contributed by atoms with E-state index in [2.05, 4.69) is 0 Å². The maximum atomic E-state index is 12.0. The summed E-state index contributed by atoms with van der Waals surface area (Å²) < 4.78 is 5.38. The van der Waals surface area contributed by atoms with Crippen molar-refractivity contribution in [1.82, 2.24) is 4.90 Å². The summed E-state index contributed by atoms with van der Waals surface area (Å²) in [7, 11) is 1.64. The smallest absolute Gasteiger partial charge is 0.225 e. The highest BCUT2D eigenvalue weighted by Crippen LogP contribution is 2.37. The van der Waals surface area contributed by atoms with Gasteiger partial charge in [0, 0.05) is 24.1 Å². The van der Waals surface area contributed by atoms with Crippen molar-refractivity contribution in [2.24, 2.45) is 5.73 Å². The predicted octanol–water partition coefficient (Wildman–Crippen LogP) is 1.70. The first-order valence-corrected chi connectivity index (χ1v) is 6.26. The molecule has 18 heavy (non-hydrogen) atoms. The fourth-order valence-electron chi connectivity index (χ4n) is 2.68. The summed E-state index contributed by atoms with van der Waals surface area (Å²) in [5.41, 5.74) is 7.13. The number of nitrogens with zero attached hydrogens (tertiary/aromatic N) is 1. The van der Waals surface area contributed by atoms with E-state index < -0.39 is 0 Å². The van der Waals surface area contributed by atoms with Crippen molar-refractivity contribution < 1.29 is 9.53 Å². The van der Waals surface area contributed by atoms with Crippen LogP contribution in [0.5, 0.6) is 5.75 Å². The summed E-state index contributed by atoms with van der Waals surface area (Å²) in [4.78, 5) is 13.9. The van der Waals surface area contributed by atoms with Gasteiger partial charge in [0.2, 0.25) is 5.91 Å². The number of benzene rings is 1. The largest absolute Gasteiger partial charge is 0.496 e. The van der Waals surface area contributed by atoms with Crippen LogP contribution in [0.2, 0.25) is 0 Å². The Morgan fingerprint density at radius 1 is 1.39 bits per heavy atom. The summed E-state index contributed by atoms with van der Waals surface area (Å²) in [6.07, 6.45) is 0.404. The highest BCUT2D eigenvalue weighted by Gasteiger charge is 2.41. The van der Waals surface area contributed by atoms with Gasteiger partial charge in [0.15, 0.2) is 0 Å². The molecule has 1 saturated heterocycles. The Labute approximate surface area is 108 Å². The standard InChI is InChI=1S/C14H20N2O2/c1-9(2)16-13(17)8-11(15)14(16)10-6-4-5-7-12(10)18-3/h4-7,9,11,14H,8,15H2,1-3H3. The van der Waals surface area contributed by atoms with Gasteiger partial charge in [-0.1, -0.05) is 18.2 Å². The number of hydrogen-bond donors (Lipinski definition) is 1. The lowest BCUT2D eigenvalue weighted by molar-refractivity contribution is -0.130. The molecule has 4 heteroatoms. The first kappa shape index (κ1) is 12.9. The Balaban J connectivity index is 2.43. The zero-order valence-electron chi connectivity index (χ0n) is 11.1. The highest BCUT2D eigenvalue weighted by atomic mass is 16.5. The minimum Gasteiger partial charge on any atom is -0.496 e. The van der Waals surface area contributed by atoms with Crippen molar-refractivity contribution >= 4 is 5.91 Å². The van der Waals surface area contributed by atoms with E-state index in [-0.39, 0.29) is 24.0 Å². The van der Waals surface area contributed by atoms with Crippen LogP contribution in [0, 0.1) is 0 Å². The Kier molecular flexibility index (Phi) is 3.57. The summed E-state index contributed by atoms with van der Waals surface area (Å²) in [5.74, 6) is 0.909. The van der Waals surface area contributed by atoms with Crippen LogP contribution in [0.1, 0.15) is 31.9 Å². The lowest BCUT2D eigenvalue weighted by Crippen LogP contribution is -2.37. The minimum absolute atomic E-state index is 0.0892. The summed E-state index contributed by atoms with van der Waals surface area (Å²) in [6, 6.07) is 7.64. The quantitative estimate of drug-likeness (QED) is 0.886. The summed E-state index contributed by atoms with van der Waals surface area (Å²) in [6.45, 7) is 4.02. The molecule has 1 heterocycles. The Hall–Kier alpha value is -1.55. The molecule has 0 saturated carbocycles. The molecule has 0 bridgehead atoms. The molecule has 1 aromatic rings. The van der Waals surface area contributed by atoms with Gasteiger partial charge in [0.25, 0.3) is 0 Å². The normalized spacial score (nSPS) is 23.8. The molecule has 4 nitrogen and oxygen atoms in total. The van der Waals surface area contributed by atoms with Crippen molar-refractivity contribution in [2.45, 2.75) is 38.4 Å². The van der Waals surface area contributed by atoms with Gasteiger partial charge >= 0.3 is 0 Å². The van der Waals surface area contributed by atoms with E-state index >= 15 is 0 Å². The monoisotopic (exact) mass is 248 g/mol.